The predicted octanol–water partition coefficient (Wildman–Crippen LogP) is 4.02. The summed E-state index contributed by atoms with van der Waals surface area (Å²) >= 11 is 7.62. The number of benzene rings is 1. The molecule has 1 amide bonds. The molecule has 3 N–H and O–H groups in total. The van der Waals surface area contributed by atoms with Gasteiger partial charge in [-0.2, -0.15) is 13.2 Å². The van der Waals surface area contributed by atoms with Gasteiger partial charge in [-0.3, -0.25) is 14.6 Å². The number of aliphatic carboxylic acids is 2. The Bertz CT molecular complexity index is 1100. The van der Waals surface area contributed by atoms with Crippen LogP contribution >= 0.6 is 22.9 Å². The fourth-order valence-corrected chi connectivity index (χ4v) is 4.44. The number of thiazole rings is 1. The van der Waals surface area contributed by atoms with E-state index in [-0.39, 0.29) is 28.6 Å². The SMILES string of the molecule is CC(C)(C)c1csc(CN2CCN(CC(=O)Nc3cc(C(F)(F)F)ccc3Cl)CC2)n1.O=C(O)C(=O)O. The van der Waals surface area contributed by atoms with Crippen LogP contribution in [0.5, 0.6) is 0 Å². The van der Waals surface area contributed by atoms with Gasteiger partial charge in [0, 0.05) is 37.0 Å². The molecule has 0 bridgehead atoms. The Morgan fingerprint density at radius 1 is 1.05 bits per heavy atom. The van der Waals surface area contributed by atoms with Gasteiger partial charge in [-0.05, 0) is 18.2 Å². The van der Waals surface area contributed by atoms with Crippen molar-refractivity contribution in [3.8, 4) is 0 Å². The fraction of sp³-hybridized carbons (Fsp3) is 0.478. The van der Waals surface area contributed by atoms with Crippen molar-refractivity contribution in [3.05, 3.63) is 44.9 Å². The molecule has 9 nitrogen and oxygen atoms in total. The number of nitrogens with zero attached hydrogens (tertiary/aromatic N) is 3. The highest BCUT2D eigenvalue weighted by molar-refractivity contribution is 7.09. The van der Waals surface area contributed by atoms with Crippen molar-refractivity contribution >= 4 is 46.5 Å². The second kappa shape index (κ2) is 12.7. The molecule has 2 heterocycles. The first-order valence-corrected chi connectivity index (χ1v) is 12.3. The maximum absolute atomic E-state index is 12.9. The lowest BCUT2D eigenvalue weighted by molar-refractivity contribution is -0.159. The van der Waals surface area contributed by atoms with Crippen LogP contribution < -0.4 is 5.32 Å². The van der Waals surface area contributed by atoms with Gasteiger partial charge >= 0.3 is 18.1 Å². The Balaban J connectivity index is 0.000000717. The van der Waals surface area contributed by atoms with Gasteiger partial charge in [-0.25, -0.2) is 14.6 Å². The van der Waals surface area contributed by atoms with E-state index >= 15 is 0 Å². The third-order valence-electron chi connectivity index (χ3n) is 5.26. The minimum absolute atomic E-state index is 0.0291. The van der Waals surface area contributed by atoms with Gasteiger partial charge < -0.3 is 15.5 Å². The van der Waals surface area contributed by atoms with Crippen LogP contribution in [0.4, 0.5) is 18.9 Å². The quantitative estimate of drug-likeness (QED) is 0.465. The summed E-state index contributed by atoms with van der Waals surface area (Å²) in [5.74, 6) is -4.03. The van der Waals surface area contributed by atoms with Crippen LogP contribution in [0.1, 0.15) is 37.0 Å². The molecular weight excluding hydrogens is 537 g/mol. The molecule has 0 saturated carbocycles. The van der Waals surface area contributed by atoms with E-state index in [4.69, 9.17) is 36.4 Å². The van der Waals surface area contributed by atoms with Crippen LogP contribution in [-0.4, -0.2) is 75.6 Å². The Kier molecular flexibility index (Phi) is 10.4. The minimum atomic E-state index is -4.49. The van der Waals surface area contributed by atoms with Crippen LogP contribution in [0, 0.1) is 0 Å². The number of piperazine rings is 1. The molecule has 1 fully saturated rings. The molecule has 204 valence electrons. The first kappa shape index (κ1) is 30.5. The number of carboxylic acids is 2. The Hall–Kier alpha value is -2.74. The molecule has 1 aromatic heterocycles. The first-order chi connectivity index (χ1) is 17.1. The zero-order chi connectivity index (χ0) is 28.0. The summed E-state index contributed by atoms with van der Waals surface area (Å²) in [4.78, 5) is 39.6. The van der Waals surface area contributed by atoms with Crippen molar-refractivity contribution in [2.75, 3.05) is 38.0 Å². The van der Waals surface area contributed by atoms with Gasteiger partial charge in [0.05, 0.1) is 35.1 Å². The molecule has 1 aliphatic rings. The van der Waals surface area contributed by atoms with E-state index in [1.165, 1.54) is 0 Å². The second-order valence-corrected chi connectivity index (χ2v) is 10.6. The second-order valence-electron chi connectivity index (χ2n) is 9.28. The van der Waals surface area contributed by atoms with Crippen LogP contribution in [0.3, 0.4) is 0 Å². The number of halogens is 4. The molecule has 0 radical (unpaired) electrons. The number of carbonyl (C=O) groups excluding carboxylic acids is 1. The van der Waals surface area contributed by atoms with Crippen molar-refractivity contribution in [1.82, 2.24) is 14.8 Å². The van der Waals surface area contributed by atoms with Crippen molar-refractivity contribution in [3.63, 3.8) is 0 Å². The van der Waals surface area contributed by atoms with Crippen molar-refractivity contribution in [2.24, 2.45) is 0 Å². The van der Waals surface area contributed by atoms with Gasteiger partial charge in [0.2, 0.25) is 5.91 Å². The lowest BCUT2D eigenvalue weighted by atomic mass is 9.93. The number of nitrogens with one attached hydrogen (secondary N) is 1. The van der Waals surface area contributed by atoms with Crippen molar-refractivity contribution in [2.45, 2.75) is 38.9 Å². The number of carbonyl (C=O) groups is 3. The van der Waals surface area contributed by atoms with Crippen LogP contribution in [0.15, 0.2) is 23.6 Å². The molecular formula is C23H28ClF3N4O5S. The summed E-state index contributed by atoms with van der Waals surface area (Å²) in [6.07, 6.45) is -4.49. The number of hydrogen-bond acceptors (Lipinski definition) is 7. The first-order valence-electron chi connectivity index (χ1n) is 11.1. The summed E-state index contributed by atoms with van der Waals surface area (Å²) in [5, 5.41) is 20.5. The molecule has 1 aliphatic heterocycles. The van der Waals surface area contributed by atoms with E-state index in [2.05, 4.69) is 36.4 Å². The summed E-state index contributed by atoms with van der Waals surface area (Å²) in [6, 6.07) is 2.89. The smallest absolute Gasteiger partial charge is 0.416 e. The number of carboxylic acid groups (broad SMARTS) is 2. The fourth-order valence-electron chi connectivity index (χ4n) is 3.22. The molecule has 0 aliphatic carbocycles. The van der Waals surface area contributed by atoms with Gasteiger partial charge in [0.15, 0.2) is 0 Å². The normalized spacial score (nSPS) is 15.0. The van der Waals surface area contributed by atoms with E-state index in [0.29, 0.717) is 13.1 Å². The largest absolute Gasteiger partial charge is 0.473 e. The molecule has 1 aromatic carbocycles. The molecule has 14 heteroatoms. The van der Waals surface area contributed by atoms with Crippen molar-refractivity contribution in [1.29, 1.82) is 0 Å². The number of aromatic nitrogens is 1. The topological polar surface area (TPSA) is 123 Å². The Labute approximate surface area is 220 Å². The average molecular weight is 565 g/mol. The van der Waals surface area contributed by atoms with Crippen LogP contribution in [0.2, 0.25) is 5.02 Å². The third kappa shape index (κ3) is 9.91. The molecule has 37 heavy (non-hydrogen) atoms. The minimum Gasteiger partial charge on any atom is -0.473 e. The Morgan fingerprint density at radius 3 is 2.11 bits per heavy atom. The number of alkyl halides is 3. The summed E-state index contributed by atoms with van der Waals surface area (Å²) in [6.45, 7) is 10.3. The van der Waals surface area contributed by atoms with Gasteiger partial charge in [-0.15, -0.1) is 11.3 Å². The predicted molar refractivity (Wildman–Crippen MR) is 133 cm³/mol. The third-order valence-corrected chi connectivity index (χ3v) is 6.43. The average Bonchev–Trinajstić information content (AvgIpc) is 3.25. The molecule has 0 atom stereocenters. The maximum Gasteiger partial charge on any atom is 0.416 e. The van der Waals surface area contributed by atoms with Crippen LogP contribution in [0.25, 0.3) is 0 Å². The number of anilines is 1. The summed E-state index contributed by atoms with van der Waals surface area (Å²) < 4.78 is 38.7. The molecule has 0 unspecified atom stereocenters. The Morgan fingerprint density at radius 2 is 1.62 bits per heavy atom. The highest BCUT2D eigenvalue weighted by atomic mass is 35.5. The highest BCUT2D eigenvalue weighted by Crippen LogP contribution is 2.33. The monoisotopic (exact) mass is 564 g/mol. The van der Waals surface area contributed by atoms with E-state index in [1.54, 1.807) is 11.3 Å². The van der Waals surface area contributed by atoms with Gasteiger partial charge in [0.1, 0.15) is 5.01 Å². The summed E-state index contributed by atoms with van der Waals surface area (Å²) in [5.41, 5.74) is 0.246. The van der Waals surface area contributed by atoms with E-state index in [9.17, 15) is 18.0 Å². The molecule has 1 saturated heterocycles. The molecule has 0 spiro atoms. The van der Waals surface area contributed by atoms with E-state index < -0.39 is 23.7 Å². The zero-order valence-corrected chi connectivity index (χ0v) is 22.0. The lowest BCUT2D eigenvalue weighted by Crippen LogP contribution is -2.48. The van der Waals surface area contributed by atoms with Crippen LogP contribution in [-0.2, 0) is 32.5 Å². The molecule has 2 aromatic rings. The molecule has 3 rings (SSSR count). The standard InChI is InChI=1S/C21H26ClF3N4OS.C2H2O4/c1-20(2,3)17-13-31-19(27-17)12-29-8-6-28(7-9-29)11-18(30)26-16-10-14(21(23,24)25)4-5-15(16)22;3-1(4)2(5)6/h4-5,10,13H,6-9,11-12H2,1-3H3,(H,26,30);(H,3,4)(H,5,6). The zero-order valence-electron chi connectivity index (χ0n) is 20.4. The number of hydrogen-bond donors (Lipinski definition) is 3. The van der Waals surface area contributed by atoms with Gasteiger partial charge in [-0.1, -0.05) is 32.4 Å². The highest BCUT2D eigenvalue weighted by Gasteiger charge is 2.31. The number of amides is 1. The lowest BCUT2D eigenvalue weighted by Gasteiger charge is -2.33. The van der Waals surface area contributed by atoms with Crippen molar-refractivity contribution < 1.29 is 37.8 Å². The van der Waals surface area contributed by atoms with E-state index in [1.807, 2.05) is 4.90 Å². The number of rotatable bonds is 5. The van der Waals surface area contributed by atoms with E-state index in [0.717, 1.165) is 48.5 Å². The maximum atomic E-state index is 12.9. The van der Waals surface area contributed by atoms with Gasteiger partial charge in [0.25, 0.3) is 0 Å². The summed E-state index contributed by atoms with van der Waals surface area (Å²) in [7, 11) is 0.